The van der Waals surface area contributed by atoms with Crippen LogP contribution in [-0.4, -0.2) is 35.9 Å². The van der Waals surface area contributed by atoms with Crippen molar-refractivity contribution in [2.24, 2.45) is 0 Å². The number of nitrogens with one attached hydrogen (secondary N) is 1. The van der Waals surface area contributed by atoms with Crippen molar-refractivity contribution in [1.82, 2.24) is 5.32 Å². The Labute approximate surface area is 106 Å². The van der Waals surface area contributed by atoms with E-state index in [0.29, 0.717) is 11.3 Å². The first kappa shape index (κ1) is 14.5. The van der Waals surface area contributed by atoms with Crippen LogP contribution in [0.5, 0.6) is 5.75 Å². The molecule has 0 saturated carbocycles. The molecule has 3 N–H and O–H groups in total. The molecule has 0 aliphatic rings. The number of hydrogen-bond acceptors (Lipinski definition) is 4. The van der Waals surface area contributed by atoms with Crippen molar-refractivity contribution in [3.05, 3.63) is 29.3 Å². The molecule has 0 aliphatic carbocycles. The van der Waals surface area contributed by atoms with Crippen molar-refractivity contribution in [3.63, 3.8) is 0 Å². The summed E-state index contributed by atoms with van der Waals surface area (Å²) in [6, 6.07) is 5.21. The molecule has 5 nitrogen and oxygen atoms in total. The van der Waals surface area contributed by atoms with Gasteiger partial charge in [0.05, 0.1) is 7.11 Å². The van der Waals surface area contributed by atoms with Gasteiger partial charge in [-0.2, -0.15) is 0 Å². The van der Waals surface area contributed by atoms with Crippen molar-refractivity contribution in [1.29, 1.82) is 0 Å². The molecular weight excluding hydrogens is 234 g/mol. The number of rotatable bonds is 5. The Morgan fingerprint density at radius 2 is 2.11 bits per heavy atom. The highest BCUT2D eigenvalue weighted by molar-refractivity contribution is 5.72. The number of benzene rings is 1. The van der Waals surface area contributed by atoms with Crippen LogP contribution in [0.2, 0.25) is 0 Å². The molecule has 1 amide bonds. The van der Waals surface area contributed by atoms with Gasteiger partial charge < -0.3 is 20.3 Å². The van der Waals surface area contributed by atoms with E-state index in [1.165, 1.54) is 6.92 Å². The summed E-state index contributed by atoms with van der Waals surface area (Å²) in [4.78, 5) is 10.7. The monoisotopic (exact) mass is 253 g/mol. The number of methoxy groups -OCH3 is 1. The normalized spacial score (nSPS) is 13.8. The molecule has 0 saturated heterocycles. The summed E-state index contributed by atoms with van der Waals surface area (Å²) in [7, 11) is 1.55. The van der Waals surface area contributed by atoms with Crippen LogP contribution in [0.3, 0.4) is 0 Å². The van der Waals surface area contributed by atoms with E-state index in [4.69, 9.17) is 4.74 Å². The van der Waals surface area contributed by atoms with Gasteiger partial charge in [0.1, 0.15) is 18.0 Å². The van der Waals surface area contributed by atoms with Crippen LogP contribution in [0.25, 0.3) is 0 Å². The maximum Gasteiger partial charge on any atom is 0.216 e. The Bertz CT molecular complexity index is 419. The van der Waals surface area contributed by atoms with Crippen molar-refractivity contribution in [3.8, 4) is 5.75 Å². The van der Waals surface area contributed by atoms with Crippen molar-refractivity contribution >= 4 is 5.91 Å². The largest absolute Gasteiger partial charge is 0.496 e. The quantitative estimate of drug-likeness (QED) is 0.715. The summed E-state index contributed by atoms with van der Waals surface area (Å²) in [5, 5.41) is 22.2. The zero-order valence-corrected chi connectivity index (χ0v) is 10.8. The number of hydrogen-bond donors (Lipinski definition) is 3. The number of aliphatic hydroxyl groups is 2. The summed E-state index contributed by atoms with van der Waals surface area (Å²) in [5.74, 6) is 0.404. The zero-order valence-electron chi connectivity index (χ0n) is 10.8. The lowest BCUT2D eigenvalue weighted by Crippen LogP contribution is -2.34. The highest BCUT2D eigenvalue weighted by Gasteiger charge is 2.19. The van der Waals surface area contributed by atoms with Gasteiger partial charge in [-0.25, -0.2) is 0 Å². The molecule has 5 heteroatoms. The maximum atomic E-state index is 10.7. The lowest BCUT2D eigenvalue weighted by molar-refractivity contribution is -0.119. The van der Waals surface area contributed by atoms with Crippen LogP contribution in [0.1, 0.15) is 24.2 Å². The number of carbonyl (C=O) groups is 1. The van der Waals surface area contributed by atoms with Crippen LogP contribution in [0.4, 0.5) is 0 Å². The number of amides is 1. The van der Waals surface area contributed by atoms with Crippen LogP contribution in [0.15, 0.2) is 18.2 Å². The van der Waals surface area contributed by atoms with E-state index in [-0.39, 0.29) is 12.5 Å². The zero-order chi connectivity index (χ0) is 13.7. The molecule has 0 spiro atoms. The van der Waals surface area contributed by atoms with E-state index in [9.17, 15) is 15.0 Å². The number of ether oxygens (including phenoxy) is 1. The molecule has 1 rings (SSSR count). The fourth-order valence-corrected chi connectivity index (χ4v) is 1.60. The number of aliphatic hydroxyl groups excluding tert-OH is 2. The van der Waals surface area contributed by atoms with E-state index < -0.39 is 12.2 Å². The molecule has 18 heavy (non-hydrogen) atoms. The van der Waals surface area contributed by atoms with Crippen LogP contribution < -0.4 is 10.1 Å². The average molecular weight is 253 g/mol. The van der Waals surface area contributed by atoms with Gasteiger partial charge in [-0.15, -0.1) is 0 Å². The van der Waals surface area contributed by atoms with E-state index in [0.717, 1.165) is 5.56 Å². The van der Waals surface area contributed by atoms with E-state index in [1.807, 2.05) is 13.0 Å². The molecule has 0 fully saturated rings. The minimum absolute atomic E-state index is 0.00664. The first-order valence-corrected chi connectivity index (χ1v) is 5.70. The Hall–Kier alpha value is -1.59. The average Bonchev–Trinajstić information content (AvgIpc) is 2.35. The summed E-state index contributed by atoms with van der Waals surface area (Å²) in [6.45, 7) is 3.25. The summed E-state index contributed by atoms with van der Waals surface area (Å²) in [6.07, 6.45) is -2.12. The maximum absolute atomic E-state index is 10.7. The predicted molar refractivity (Wildman–Crippen MR) is 67.4 cm³/mol. The number of aryl methyl sites for hydroxylation is 1. The van der Waals surface area contributed by atoms with E-state index in [2.05, 4.69) is 5.32 Å². The Kier molecular flexibility index (Phi) is 5.12. The van der Waals surface area contributed by atoms with Gasteiger partial charge >= 0.3 is 0 Å². The van der Waals surface area contributed by atoms with Gasteiger partial charge in [-0.1, -0.05) is 12.1 Å². The van der Waals surface area contributed by atoms with E-state index in [1.54, 1.807) is 19.2 Å². The Balaban J connectivity index is 2.76. The molecule has 2 atom stereocenters. The lowest BCUT2D eigenvalue weighted by atomic mass is 10.0. The molecular formula is C13H19NO4. The smallest absolute Gasteiger partial charge is 0.216 e. The molecule has 0 bridgehead atoms. The second-order valence-corrected chi connectivity index (χ2v) is 4.18. The van der Waals surface area contributed by atoms with Crippen LogP contribution >= 0.6 is 0 Å². The number of carbonyl (C=O) groups excluding carboxylic acids is 1. The first-order valence-electron chi connectivity index (χ1n) is 5.70. The molecule has 0 heterocycles. The molecule has 1 aromatic carbocycles. The Morgan fingerprint density at radius 1 is 1.44 bits per heavy atom. The van der Waals surface area contributed by atoms with Gasteiger partial charge in [0.25, 0.3) is 0 Å². The van der Waals surface area contributed by atoms with E-state index >= 15 is 0 Å². The molecule has 100 valence electrons. The second kappa shape index (κ2) is 6.37. The van der Waals surface area contributed by atoms with Gasteiger partial charge in [0, 0.05) is 13.5 Å². The van der Waals surface area contributed by atoms with Gasteiger partial charge in [-0.3, -0.25) is 4.79 Å². The highest BCUT2D eigenvalue weighted by Crippen LogP contribution is 2.24. The van der Waals surface area contributed by atoms with Crippen molar-refractivity contribution < 1.29 is 19.7 Å². The molecule has 2 unspecified atom stereocenters. The third-order valence-electron chi connectivity index (χ3n) is 2.70. The van der Waals surface area contributed by atoms with Gasteiger partial charge in [-0.05, 0) is 24.1 Å². The van der Waals surface area contributed by atoms with Gasteiger partial charge in [0.15, 0.2) is 0 Å². The fourth-order valence-electron chi connectivity index (χ4n) is 1.60. The van der Waals surface area contributed by atoms with Crippen molar-refractivity contribution in [2.45, 2.75) is 26.1 Å². The standard InChI is InChI=1S/C13H19NO4/c1-8-4-5-10(6-12(8)18-3)13(17)11(16)7-14-9(2)15/h4-6,11,13,16-17H,7H2,1-3H3,(H,14,15). The second-order valence-electron chi connectivity index (χ2n) is 4.18. The third-order valence-corrected chi connectivity index (χ3v) is 2.70. The lowest BCUT2D eigenvalue weighted by Gasteiger charge is -2.19. The summed E-state index contributed by atoms with van der Waals surface area (Å²) in [5.41, 5.74) is 1.50. The third kappa shape index (κ3) is 3.72. The van der Waals surface area contributed by atoms with Crippen molar-refractivity contribution in [2.75, 3.05) is 13.7 Å². The van der Waals surface area contributed by atoms with Gasteiger partial charge in [0.2, 0.25) is 5.91 Å². The molecule has 0 aromatic heterocycles. The minimum atomic E-state index is -1.06. The molecule has 0 radical (unpaired) electrons. The summed E-state index contributed by atoms with van der Waals surface area (Å²) >= 11 is 0. The minimum Gasteiger partial charge on any atom is -0.496 e. The van der Waals surface area contributed by atoms with Crippen LogP contribution in [0, 0.1) is 6.92 Å². The summed E-state index contributed by atoms with van der Waals surface area (Å²) < 4.78 is 5.15. The fraction of sp³-hybridized carbons (Fsp3) is 0.462. The Morgan fingerprint density at radius 3 is 2.67 bits per heavy atom. The molecule has 0 aliphatic heterocycles. The topological polar surface area (TPSA) is 78.8 Å². The highest BCUT2D eigenvalue weighted by atomic mass is 16.5. The predicted octanol–water partition coefficient (Wildman–Crippen LogP) is 0.534. The van der Waals surface area contributed by atoms with Crippen LogP contribution in [-0.2, 0) is 4.79 Å². The SMILES string of the molecule is COc1cc(C(O)C(O)CNC(C)=O)ccc1C. The molecule has 1 aromatic rings. The first-order chi connectivity index (χ1) is 8.45.